The summed E-state index contributed by atoms with van der Waals surface area (Å²) in [7, 11) is 10.6. The fraction of sp³-hybridized carbons (Fsp3) is 0.545. The van der Waals surface area contributed by atoms with Crippen LogP contribution in [0, 0.1) is 0 Å². The van der Waals surface area contributed by atoms with Crippen LogP contribution in [0.2, 0.25) is 10.0 Å². The Kier molecular flexibility index (Phi) is 30.2. The van der Waals surface area contributed by atoms with Crippen LogP contribution < -0.4 is 53.0 Å². The number of nitrogens with zero attached hydrogens (tertiary/aromatic N) is 8. The summed E-state index contributed by atoms with van der Waals surface area (Å²) in [6, 6.07) is 18.1. The molecular formula is C88H122Cl2N12O6. The Bertz CT molecular complexity index is 4710. The molecule has 4 aliphatic carbocycles. The van der Waals surface area contributed by atoms with Gasteiger partial charge in [-0.1, -0.05) is 106 Å². The zero-order chi connectivity index (χ0) is 78.2. The average molecular weight is 1510 g/mol. The van der Waals surface area contributed by atoms with Crippen molar-refractivity contribution in [3.63, 3.8) is 0 Å². The van der Waals surface area contributed by atoms with Gasteiger partial charge in [0.25, 0.3) is 22.2 Å². The van der Waals surface area contributed by atoms with Crippen molar-refractivity contribution in [1.82, 2.24) is 38.2 Å². The van der Waals surface area contributed by atoms with Crippen molar-refractivity contribution in [3.05, 3.63) is 167 Å². The fourth-order valence-electron chi connectivity index (χ4n) is 15.7. The molecule has 108 heavy (non-hydrogen) atoms. The molecule has 0 spiro atoms. The van der Waals surface area contributed by atoms with E-state index in [1.54, 1.807) is 60.7 Å². The van der Waals surface area contributed by atoms with Gasteiger partial charge in [0.1, 0.15) is 57.5 Å². The fourth-order valence-corrected chi connectivity index (χ4v) is 16.2. The Morgan fingerprint density at radius 2 is 0.528 bits per heavy atom. The van der Waals surface area contributed by atoms with E-state index in [-0.39, 0.29) is 46.4 Å². The summed E-state index contributed by atoms with van der Waals surface area (Å²) in [5, 5.41) is 15.1. The minimum Gasteiger partial charge on any atom is -0.496 e. The highest BCUT2D eigenvalue weighted by Gasteiger charge is 2.28. The molecular weight excluding hydrogens is 1390 g/mol. The van der Waals surface area contributed by atoms with Crippen LogP contribution in [0.25, 0.3) is 45.6 Å². The van der Waals surface area contributed by atoms with Gasteiger partial charge in [-0.05, 0) is 260 Å². The van der Waals surface area contributed by atoms with Crippen LogP contribution in [0.3, 0.4) is 0 Å². The van der Waals surface area contributed by atoms with Gasteiger partial charge in [0, 0.05) is 63.5 Å². The minimum absolute atomic E-state index is 0.0199. The largest absolute Gasteiger partial charge is 0.496 e. The smallest absolute Gasteiger partial charge is 0.277 e. The number of nitrogens with one attached hydrogen (secondary N) is 4. The van der Waals surface area contributed by atoms with E-state index in [9.17, 15) is 19.2 Å². The summed E-state index contributed by atoms with van der Waals surface area (Å²) in [6.07, 6.45) is 26.5. The predicted molar refractivity (Wildman–Crippen MR) is 450 cm³/mol. The Balaban J connectivity index is 0.000000166. The second kappa shape index (κ2) is 38.9. The second-order valence-corrected chi connectivity index (χ2v) is 30.3. The molecule has 0 saturated carbocycles. The van der Waals surface area contributed by atoms with Crippen LogP contribution in [-0.2, 0) is 105 Å². The van der Waals surface area contributed by atoms with Gasteiger partial charge in [-0.2, -0.15) is 0 Å². The van der Waals surface area contributed by atoms with Crippen LogP contribution in [0.4, 0.5) is 22.7 Å². The Morgan fingerprint density at radius 3 is 0.750 bits per heavy atom. The zero-order valence-electron chi connectivity index (χ0n) is 68.1. The highest BCUT2D eigenvalue weighted by atomic mass is 35.5. The number of hydrogen-bond donors (Lipinski definition) is 4. The number of rotatable bonds is 26. The molecule has 0 amide bonds. The van der Waals surface area contributed by atoms with Gasteiger partial charge >= 0.3 is 0 Å². The van der Waals surface area contributed by atoms with Crippen LogP contribution >= 0.6 is 23.2 Å². The third-order valence-electron chi connectivity index (χ3n) is 22.8. The Morgan fingerprint density at radius 1 is 0.324 bits per heavy atom. The lowest BCUT2D eigenvalue weighted by Gasteiger charge is -2.22. The third-order valence-corrected chi connectivity index (χ3v) is 23.4. The normalized spacial score (nSPS) is 13.4. The van der Waals surface area contributed by atoms with Crippen molar-refractivity contribution in [3.8, 4) is 57.1 Å². The maximum Gasteiger partial charge on any atom is 0.277 e. The summed E-state index contributed by atoms with van der Waals surface area (Å²) in [6.45, 7) is 25.2. The first-order valence-electron chi connectivity index (χ1n) is 40.6. The van der Waals surface area contributed by atoms with Crippen molar-refractivity contribution in [2.24, 2.45) is 28.2 Å². The number of fused-ring (bicyclic) bond motifs is 4. The number of anilines is 4. The molecule has 0 radical (unpaired) electrons. The molecule has 584 valence electrons. The number of ether oxygens (including phenoxy) is 2. The molecule has 8 aromatic rings. The van der Waals surface area contributed by atoms with Gasteiger partial charge in [0.05, 0.1) is 58.2 Å². The van der Waals surface area contributed by atoms with E-state index >= 15 is 0 Å². The van der Waals surface area contributed by atoms with Crippen molar-refractivity contribution in [1.29, 1.82) is 0 Å². The SMILES string of the molecule is CCc1nc(-c2cc3c(cc2Cl)CCC3)n(C)c(=O)c1NC(CC)CC.CCc1nc(-c2cc3c(cc2Cl)CCCC3)n(C)c(=O)c1NC(CC)CC.CCc1nc(-c2cc3c(cc2OC)CCC3)n(C)c(=O)c1NC(CC)CC.CCc1nc(-c2cc3c(cc2OC)CCCC3)n(C)c(=O)c1NC(CC)CC. The minimum atomic E-state index is -0.0321. The summed E-state index contributed by atoms with van der Waals surface area (Å²) in [5.41, 5.74) is 20.0. The molecule has 0 aliphatic heterocycles. The van der Waals surface area contributed by atoms with E-state index in [0.29, 0.717) is 81.8 Å². The van der Waals surface area contributed by atoms with Crippen molar-refractivity contribution >= 4 is 46.0 Å². The lowest BCUT2D eigenvalue weighted by atomic mass is 9.89. The lowest BCUT2D eigenvalue weighted by molar-refractivity contribution is 0.414. The Labute approximate surface area is 652 Å². The molecule has 20 heteroatoms. The molecule has 4 aromatic heterocycles. The monoisotopic (exact) mass is 1510 g/mol. The van der Waals surface area contributed by atoms with E-state index in [1.807, 2.05) is 33.8 Å². The van der Waals surface area contributed by atoms with Crippen LogP contribution in [0.1, 0.15) is 240 Å². The molecule has 0 fully saturated rings. The van der Waals surface area contributed by atoms with E-state index in [4.69, 9.17) is 52.6 Å². The molecule has 0 bridgehead atoms. The molecule has 0 saturated heterocycles. The van der Waals surface area contributed by atoms with Gasteiger partial charge in [0.15, 0.2) is 0 Å². The molecule has 12 rings (SSSR count). The zero-order valence-corrected chi connectivity index (χ0v) is 69.6. The van der Waals surface area contributed by atoms with E-state index in [0.717, 1.165) is 159 Å². The molecule has 18 nitrogen and oxygen atoms in total. The van der Waals surface area contributed by atoms with E-state index in [1.165, 1.54) is 83.0 Å². The first kappa shape index (κ1) is 83.8. The molecule has 0 atom stereocenters. The summed E-state index contributed by atoms with van der Waals surface area (Å²) in [4.78, 5) is 72.1. The van der Waals surface area contributed by atoms with Crippen molar-refractivity contribution in [2.75, 3.05) is 35.5 Å². The number of halogens is 2. The van der Waals surface area contributed by atoms with E-state index < -0.39 is 0 Å². The molecule has 4 aromatic carbocycles. The van der Waals surface area contributed by atoms with Gasteiger partial charge in [0.2, 0.25) is 0 Å². The number of hydrogen-bond acceptors (Lipinski definition) is 14. The van der Waals surface area contributed by atoms with Crippen LogP contribution in [-0.4, -0.2) is 76.6 Å². The second-order valence-electron chi connectivity index (χ2n) is 29.5. The van der Waals surface area contributed by atoms with Crippen molar-refractivity contribution < 1.29 is 9.47 Å². The van der Waals surface area contributed by atoms with Crippen LogP contribution in [0.15, 0.2) is 67.7 Å². The quantitative estimate of drug-likeness (QED) is 0.0398. The number of benzene rings is 4. The lowest BCUT2D eigenvalue weighted by Crippen LogP contribution is -2.30. The number of methoxy groups -OCH3 is 2. The number of aromatic nitrogens is 8. The predicted octanol–water partition coefficient (Wildman–Crippen LogP) is 18.5. The Hall–Kier alpha value is -8.22. The molecule has 4 heterocycles. The average Bonchev–Trinajstić information content (AvgIpc) is 0.923. The van der Waals surface area contributed by atoms with Crippen molar-refractivity contribution in [2.45, 2.75) is 274 Å². The summed E-state index contributed by atoms with van der Waals surface area (Å²) >= 11 is 13.2. The first-order valence-corrected chi connectivity index (χ1v) is 41.3. The highest BCUT2D eigenvalue weighted by molar-refractivity contribution is 6.33. The molecule has 0 unspecified atom stereocenters. The highest BCUT2D eigenvalue weighted by Crippen LogP contribution is 2.40. The first-order chi connectivity index (χ1) is 52.1. The summed E-state index contributed by atoms with van der Waals surface area (Å²) < 4.78 is 17.9. The van der Waals surface area contributed by atoms with Gasteiger partial charge in [-0.15, -0.1) is 0 Å². The maximum atomic E-state index is 13.2. The van der Waals surface area contributed by atoms with E-state index in [2.05, 4.69) is 119 Å². The maximum absolute atomic E-state index is 13.2. The topological polar surface area (TPSA) is 206 Å². The molecule has 4 aliphatic rings. The third kappa shape index (κ3) is 18.6. The number of aryl methyl sites for hydroxylation is 12. The molecule has 4 N–H and O–H groups in total. The van der Waals surface area contributed by atoms with Gasteiger partial charge in [-0.25, -0.2) is 19.9 Å². The standard InChI is InChI=1S/C23H33N3O2.C22H30ClN3O.C22H31N3O2.C21H28ClN3O/c1-6-17(7-2)24-21-19(8-3)25-22(26(4)23(21)27)18-13-15-11-9-10-12-16(15)14-20(18)28-5;1-5-16(6-2)24-20-19(7-3)25-21(26(4)22(20)27)17-12-14-10-8-9-11-15(14)13-18(17)23;1-6-16(7-2)23-20-18(8-3)24-21(25(4)22(20)26)17-12-14-10-9-11-15(14)13-19(17)27-5;1-5-15(6-2)23-19-18(7-3)24-20(25(4)21(19)26)16-11-13-9-8-10-14(13)12-17(16)22/h13-14,17,24H,6-12H2,1-5H3;12-13,16,24H,5-11H2,1-4H3;12-13,16,23H,6-11H2,1-5H3;11-12,15,23H,5-10H2,1-4H3. The van der Waals surface area contributed by atoms with Gasteiger partial charge in [-0.3, -0.25) is 37.4 Å². The van der Waals surface area contributed by atoms with Crippen LogP contribution in [0.5, 0.6) is 11.5 Å². The summed E-state index contributed by atoms with van der Waals surface area (Å²) in [5.74, 6) is 4.26. The van der Waals surface area contributed by atoms with Gasteiger partial charge < -0.3 is 30.7 Å².